The summed E-state index contributed by atoms with van der Waals surface area (Å²) in [6.45, 7) is -1.87. The number of rotatable bonds is 12. The smallest absolute Gasteiger partial charge is 0.356 e. The first-order chi connectivity index (χ1) is 22.7. The van der Waals surface area contributed by atoms with Gasteiger partial charge in [0.15, 0.2) is 0 Å². The molecule has 0 aromatic heterocycles. The highest BCUT2D eigenvalue weighted by Gasteiger charge is 2.47. The summed E-state index contributed by atoms with van der Waals surface area (Å²) in [6.07, 6.45) is 3.53. The van der Waals surface area contributed by atoms with E-state index in [4.69, 9.17) is 17.0 Å². The van der Waals surface area contributed by atoms with Gasteiger partial charge in [0, 0.05) is 49.8 Å². The van der Waals surface area contributed by atoms with Gasteiger partial charge in [0.05, 0.1) is 11.0 Å². The van der Waals surface area contributed by atoms with Gasteiger partial charge in [-0.2, -0.15) is 0 Å². The first-order valence-electron chi connectivity index (χ1n) is 14.8. The second-order valence-corrected chi connectivity index (χ2v) is 14.7. The summed E-state index contributed by atoms with van der Waals surface area (Å²) in [5, 5.41) is 16.3. The van der Waals surface area contributed by atoms with Crippen LogP contribution in [0.4, 0.5) is 5.69 Å². The van der Waals surface area contributed by atoms with E-state index in [0.29, 0.717) is 10.4 Å². The summed E-state index contributed by atoms with van der Waals surface area (Å²) in [4.78, 5) is 52.5. The number of nitro benzene ring substituents is 1. The van der Waals surface area contributed by atoms with Crippen molar-refractivity contribution in [2.45, 2.75) is 32.4 Å². The van der Waals surface area contributed by atoms with Crippen LogP contribution in [0, 0.1) is 10.1 Å². The molecular weight excluding hydrogens is 633 g/mol. The number of esters is 1. The highest BCUT2D eigenvalue weighted by molar-refractivity contribution is 7.96. The van der Waals surface area contributed by atoms with Crippen molar-refractivity contribution in [3.8, 4) is 0 Å². The Labute approximate surface area is 278 Å². The molecule has 1 unspecified atom stereocenters. The Balaban J connectivity index is 1.72. The van der Waals surface area contributed by atoms with Crippen LogP contribution < -0.4 is 21.2 Å². The molecule has 4 aromatic carbocycles. The second-order valence-electron chi connectivity index (χ2n) is 10.8. The molecule has 47 heavy (non-hydrogen) atoms. The molecular formula is C36H32N3O6PS. The summed E-state index contributed by atoms with van der Waals surface area (Å²) in [5.41, 5.74) is 0.701. The molecule has 1 fully saturated rings. The monoisotopic (exact) mass is 665 g/mol. The van der Waals surface area contributed by atoms with Gasteiger partial charge in [-0.15, -0.1) is 0 Å². The molecule has 9 nitrogen and oxygen atoms in total. The van der Waals surface area contributed by atoms with E-state index in [-0.39, 0.29) is 42.4 Å². The van der Waals surface area contributed by atoms with E-state index in [9.17, 15) is 24.5 Å². The summed E-state index contributed by atoms with van der Waals surface area (Å²) < 4.78 is 6.00. The number of carbonyl (C=O) groups is 3. The van der Waals surface area contributed by atoms with Crippen molar-refractivity contribution in [3.63, 3.8) is 0 Å². The molecule has 1 aliphatic heterocycles. The number of hydrogen-bond donors (Lipinski definition) is 1. The van der Waals surface area contributed by atoms with Gasteiger partial charge < -0.3 is 15.0 Å². The highest BCUT2D eigenvalue weighted by atomic mass is 32.1. The molecule has 0 aliphatic carbocycles. The number of ether oxygens (including phenoxy) is 1. The third kappa shape index (κ3) is 7.30. The topological polar surface area (TPSA) is 119 Å². The maximum absolute atomic E-state index is 14.7. The molecule has 238 valence electrons. The van der Waals surface area contributed by atoms with Crippen molar-refractivity contribution in [2.75, 3.05) is 0 Å². The number of nitrogens with zero attached hydrogens (tertiary/aromatic N) is 2. The number of non-ortho nitro benzene ring substituents is 1. The van der Waals surface area contributed by atoms with Gasteiger partial charge in [-0.05, 0) is 39.7 Å². The molecule has 5 rings (SSSR count). The van der Waals surface area contributed by atoms with Crippen molar-refractivity contribution in [3.05, 3.63) is 143 Å². The third-order valence-electron chi connectivity index (χ3n) is 7.71. The van der Waals surface area contributed by atoms with Gasteiger partial charge in [-0.25, -0.2) is 4.79 Å². The number of nitrogens with one attached hydrogen (secondary N) is 1. The molecule has 0 saturated carbocycles. The number of nitro groups is 1. The molecule has 1 saturated heterocycles. The number of carbonyl (C=O) groups excluding carboxylic acids is 3. The van der Waals surface area contributed by atoms with Crippen LogP contribution in [0.25, 0.3) is 0 Å². The normalized spacial score (nSPS) is 14.3. The van der Waals surface area contributed by atoms with Crippen LogP contribution in [-0.2, 0) is 25.7 Å². The van der Waals surface area contributed by atoms with Crippen LogP contribution in [0.2, 0.25) is 0 Å². The molecule has 4 aromatic rings. The van der Waals surface area contributed by atoms with E-state index in [2.05, 4.69) is 5.32 Å². The van der Waals surface area contributed by atoms with E-state index in [0.717, 1.165) is 15.9 Å². The van der Waals surface area contributed by atoms with Crippen LogP contribution >= 0.6 is 19.1 Å². The number of amides is 2. The predicted molar refractivity (Wildman–Crippen MR) is 188 cm³/mol. The summed E-state index contributed by atoms with van der Waals surface area (Å²) in [5.74, 6) is -1.15. The van der Waals surface area contributed by atoms with Crippen LogP contribution in [-0.4, -0.2) is 43.9 Å². The number of hydrogen-bond acceptors (Lipinski definition) is 7. The van der Waals surface area contributed by atoms with Crippen molar-refractivity contribution in [1.82, 2.24) is 10.2 Å². The van der Waals surface area contributed by atoms with E-state index in [1.54, 1.807) is 11.0 Å². The average Bonchev–Trinajstić information content (AvgIpc) is 3.08. The minimum Gasteiger partial charge on any atom is -0.456 e. The third-order valence-corrected chi connectivity index (χ3v) is 12.3. The molecule has 11 heteroatoms. The standard InChI is InChI=1S/C36H32N3O6PS/c1-26(40)37-22-21-33(47)23-29-24-34(41)38(29)35(36(42)45-25-27-17-19-28(20-18-27)39(43)44)46(30-11-5-2-6-12-30,31-13-7-3-8-14-31)32-15-9-4-10-16-32/h2-22,29H,23-25H2,1H3,(H,37,40)/b22-21-. The molecule has 1 N–H and O–H groups in total. The average molecular weight is 666 g/mol. The van der Waals surface area contributed by atoms with E-state index in [1.807, 2.05) is 91.0 Å². The first-order valence-corrected chi connectivity index (χ1v) is 17.0. The molecule has 0 spiro atoms. The largest absolute Gasteiger partial charge is 0.456 e. The Hall–Kier alpha value is -5.18. The summed E-state index contributed by atoms with van der Waals surface area (Å²) in [6, 6.07) is 34.3. The van der Waals surface area contributed by atoms with Crippen molar-refractivity contribution in [1.29, 1.82) is 0 Å². The zero-order valence-corrected chi connectivity index (χ0v) is 27.2. The summed E-state index contributed by atoms with van der Waals surface area (Å²) in [7, 11) is 0. The zero-order valence-electron chi connectivity index (χ0n) is 25.5. The minimum atomic E-state index is -3.10. The van der Waals surface area contributed by atoms with Gasteiger partial charge >= 0.3 is 5.97 Å². The Morgan fingerprint density at radius 2 is 1.43 bits per heavy atom. The fraction of sp³-hybridized carbons (Fsp3) is 0.139. The van der Waals surface area contributed by atoms with Crippen molar-refractivity contribution < 1.29 is 24.0 Å². The fourth-order valence-electron chi connectivity index (χ4n) is 5.58. The maximum Gasteiger partial charge on any atom is 0.356 e. The SMILES string of the molecule is CC(=O)N/C=C\C(=S)CC1CC(=O)N1C(C(=O)OCc1ccc([N+](=O)[O-])cc1)=P(c1ccccc1)(c1ccccc1)c1ccccc1. The van der Waals surface area contributed by atoms with Crippen LogP contribution in [0.15, 0.2) is 128 Å². The lowest BCUT2D eigenvalue weighted by molar-refractivity contribution is -0.384. The van der Waals surface area contributed by atoms with Gasteiger partial charge in [0.25, 0.3) is 5.69 Å². The van der Waals surface area contributed by atoms with Crippen LogP contribution in [0.5, 0.6) is 0 Å². The lowest BCUT2D eigenvalue weighted by Gasteiger charge is -2.45. The number of likely N-dealkylation sites (tertiary alicyclic amines) is 1. The molecule has 1 heterocycles. The Bertz CT molecular complexity index is 1780. The van der Waals surface area contributed by atoms with E-state index >= 15 is 0 Å². The Morgan fingerprint density at radius 1 is 0.915 bits per heavy atom. The molecule has 0 bridgehead atoms. The van der Waals surface area contributed by atoms with Crippen LogP contribution in [0.1, 0.15) is 25.3 Å². The van der Waals surface area contributed by atoms with E-state index in [1.165, 1.54) is 37.4 Å². The number of thiocarbonyl (C=S) groups is 1. The maximum atomic E-state index is 14.7. The number of benzene rings is 4. The first kappa shape index (κ1) is 33.2. The molecule has 1 atom stereocenters. The molecule has 1 aliphatic rings. The number of allylic oxidation sites excluding steroid dienone is 1. The lowest BCUT2D eigenvalue weighted by Crippen LogP contribution is -2.60. The van der Waals surface area contributed by atoms with Gasteiger partial charge in [-0.3, -0.25) is 19.7 Å². The fourth-order valence-corrected chi connectivity index (χ4v) is 10.3. The molecule has 0 radical (unpaired) electrons. The quantitative estimate of drug-likeness (QED) is 0.0441. The number of β-lactam (4-membered cyclic amide) rings is 1. The Morgan fingerprint density at radius 3 is 1.87 bits per heavy atom. The van der Waals surface area contributed by atoms with Gasteiger partial charge in [0.2, 0.25) is 11.8 Å². The van der Waals surface area contributed by atoms with E-state index < -0.39 is 23.8 Å². The minimum absolute atomic E-state index is 0.0768. The van der Waals surface area contributed by atoms with Crippen LogP contribution in [0.3, 0.4) is 0 Å². The van der Waals surface area contributed by atoms with Crippen molar-refractivity contribution >= 4 is 68.8 Å². The molecule has 2 amide bonds. The van der Waals surface area contributed by atoms with Gasteiger partial charge in [-0.1, -0.05) is 103 Å². The highest BCUT2D eigenvalue weighted by Crippen LogP contribution is 2.49. The van der Waals surface area contributed by atoms with Crippen molar-refractivity contribution in [2.24, 2.45) is 0 Å². The Kier molecular flexibility index (Phi) is 10.6. The predicted octanol–water partition coefficient (Wildman–Crippen LogP) is 4.77. The second kappa shape index (κ2) is 14.9. The zero-order chi connectivity index (χ0) is 33.4. The van der Waals surface area contributed by atoms with Gasteiger partial charge in [0.1, 0.15) is 12.0 Å². The lowest BCUT2D eigenvalue weighted by atomic mass is 9.97. The summed E-state index contributed by atoms with van der Waals surface area (Å²) >= 11 is 5.60.